The molecule has 0 radical (unpaired) electrons. The summed E-state index contributed by atoms with van der Waals surface area (Å²) in [5, 5.41) is 5.49. The number of ether oxygens (including phenoxy) is 1. The number of hydrogen-bond acceptors (Lipinski definition) is 4. The molecule has 4 N–H and O–H groups in total. The van der Waals surface area contributed by atoms with E-state index in [4.69, 9.17) is 10.5 Å². The topological polar surface area (TPSA) is 93.5 Å². The van der Waals surface area contributed by atoms with Crippen molar-refractivity contribution in [3.8, 4) is 0 Å². The van der Waals surface area contributed by atoms with Crippen molar-refractivity contribution < 1.29 is 18.7 Å². The normalized spacial score (nSPS) is 15.9. The summed E-state index contributed by atoms with van der Waals surface area (Å²) < 4.78 is 18.1. The highest BCUT2D eigenvalue weighted by Crippen LogP contribution is 2.29. The predicted molar refractivity (Wildman–Crippen MR) is 90.5 cm³/mol. The fraction of sp³-hybridized carbons (Fsp3) is 0.500. The number of carbonyl (C=O) groups is 2. The van der Waals surface area contributed by atoms with Crippen LogP contribution in [0.5, 0.6) is 0 Å². The van der Waals surface area contributed by atoms with Gasteiger partial charge in [-0.25, -0.2) is 4.39 Å². The standard InChI is InChI=1S/C16H22FN3O3.ClH/c17-13-3-1-12(2-4-13)14(21)19-7-8-20-15(22)16(11-18)5-9-23-10-6-16;/h1-4H,5-11,18H2,(H,19,21)(H,20,22);1H. The number of nitrogens with two attached hydrogens (primary N) is 1. The maximum Gasteiger partial charge on any atom is 0.251 e. The zero-order valence-electron chi connectivity index (χ0n) is 13.3. The summed E-state index contributed by atoms with van der Waals surface area (Å²) in [7, 11) is 0. The van der Waals surface area contributed by atoms with Crippen LogP contribution in [0.1, 0.15) is 23.2 Å². The van der Waals surface area contributed by atoms with Crippen LogP contribution in [0.3, 0.4) is 0 Å². The van der Waals surface area contributed by atoms with Gasteiger partial charge < -0.3 is 21.1 Å². The van der Waals surface area contributed by atoms with Gasteiger partial charge in [0.15, 0.2) is 0 Å². The van der Waals surface area contributed by atoms with E-state index in [0.29, 0.717) is 44.7 Å². The summed E-state index contributed by atoms with van der Waals surface area (Å²) in [6, 6.07) is 5.28. The summed E-state index contributed by atoms with van der Waals surface area (Å²) in [5.74, 6) is -0.796. The van der Waals surface area contributed by atoms with Crippen molar-refractivity contribution in [3.63, 3.8) is 0 Å². The summed E-state index contributed by atoms with van der Waals surface area (Å²) >= 11 is 0. The van der Waals surface area contributed by atoms with Crippen molar-refractivity contribution in [1.82, 2.24) is 10.6 Å². The summed E-state index contributed by atoms with van der Waals surface area (Å²) in [5.41, 5.74) is 5.57. The van der Waals surface area contributed by atoms with Crippen LogP contribution in [0, 0.1) is 11.2 Å². The minimum atomic E-state index is -0.570. The highest BCUT2D eigenvalue weighted by atomic mass is 35.5. The largest absolute Gasteiger partial charge is 0.381 e. The molecule has 0 aliphatic carbocycles. The Kier molecular flexibility index (Phi) is 8.10. The molecule has 134 valence electrons. The molecule has 0 bridgehead atoms. The third kappa shape index (κ3) is 5.15. The lowest BCUT2D eigenvalue weighted by Gasteiger charge is -2.34. The van der Waals surface area contributed by atoms with Crippen LogP contribution in [0.4, 0.5) is 4.39 Å². The molecule has 1 aliphatic rings. The summed E-state index contributed by atoms with van der Waals surface area (Å²) in [6.45, 7) is 1.95. The summed E-state index contributed by atoms with van der Waals surface area (Å²) in [4.78, 5) is 24.1. The van der Waals surface area contributed by atoms with E-state index < -0.39 is 11.2 Å². The van der Waals surface area contributed by atoms with Crippen LogP contribution in [0.15, 0.2) is 24.3 Å². The van der Waals surface area contributed by atoms with Gasteiger partial charge in [-0.05, 0) is 37.1 Å². The number of carbonyl (C=O) groups excluding carboxylic acids is 2. The number of hydrogen-bond donors (Lipinski definition) is 3. The molecule has 2 rings (SSSR count). The Morgan fingerprint density at radius 3 is 2.29 bits per heavy atom. The van der Waals surface area contributed by atoms with E-state index in [-0.39, 0.29) is 30.8 Å². The second-order valence-electron chi connectivity index (χ2n) is 5.62. The molecule has 2 amide bonds. The molecule has 24 heavy (non-hydrogen) atoms. The summed E-state index contributed by atoms with van der Waals surface area (Å²) in [6.07, 6.45) is 1.22. The van der Waals surface area contributed by atoms with E-state index in [0.717, 1.165) is 0 Å². The number of rotatable bonds is 6. The van der Waals surface area contributed by atoms with Crippen molar-refractivity contribution in [2.24, 2.45) is 11.1 Å². The van der Waals surface area contributed by atoms with Crippen molar-refractivity contribution >= 4 is 24.2 Å². The molecule has 1 heterocycles. The van der Waals surface area contributed by atoms with Crippen molar-refractivity contribution in [2.45, 2.75) is 12.8 Å². The van der Waals surface area contributed by atoms with E-state index in [2.05, 4.69) is 10.6 Å². The minimum Gasteiger partial charge on any atom is -0.381 e. The van der Waals surface area contributed by atoms with Gasteiger partial charge in [-0.1, -0.05) is 0 Å². The fourth-order valence-electron chi connectivity index (χ4n) is 2.53. The van der Waals surface area contributed by atoms with Gasteiger partial charge in [-0.2, -0.15) is 0 Å². The lowest BCUT2D eigenvalue weighted by atomic mass is 9.79. The Hall–Kier alpha value is -1.70. The molecule has 1 fully saturated rings. The fourth-order valence-corrected chi connectivity index (χ4v) is 2.53. The quantitative estimate of drug-likeness (QED) is 0.656. The van der Waals surface area contributed by atoms with E-state index in [1.54, 1.807) is 0 Å². The Morgan fingerprint density at radius 1 is 1.12 bits per heavy atom. The number of halogens is 2. The van der Waals surface area contributed by atoms with Gasteiger partial charge in [0.25, 0.3) is 5.91 Å². The molecular weight excluding hydrogens is 337 g/mol. The molecule has 6 nitrogen and oxygen atoms in total. The first-order valence-electron chi connectivity index (χ1n) is 7.67. The van der Waals surface area contributed by atoms with Crippen LogP contribution >= 0.6 is 12.4 Å². The first-order valence-corrected chi connectivity index (χ1v) is 7.67. The van der Waals surface area contributed by atoms with Gasteiger partial charge in [0.2, 0.25) is 5.91 Å². The lowest BCUT2D eigenvalue weighted by Crippen LogP contribution is -2.50. The first-order chi connectivity index (χ1) is 11.1. The number of benzene rings is 1. The smallest absolute Gasteiger partial charge is 0.251 e. The lowest BCUT2D eigenvalue weighted by molar-refractivity contribution is -0.135. The highest BCUT2D eigenvalue weighted by Gasteiger charge is 2.38. The molecule has 0 aromatic heterocycles. The van der Waals surface area contributed by atoms with E-state index >= 15 is 0 Å². The van der Waals surface area contributed by atoms with Crippen LogP contribution in [0.2, 0.25) is 0 Å². The average molecular weight is 360 g/mol. The maximum absolute atomic E-state index is 12.8. The third-order valence-electron chi connectivity index (χ3n) is 4.12. The van der Waals surface area contributed by atoms with Gasteiger partial charge in [-0.15, -0.1) is 12.4 Å². The monoisotopic (exact) mass is 359 g/mol. The van der Waals surface area contributed by atoms with Gasteiger partial charge >= 0.3 is 0 Å². The molecule has 0 atom stereocenters. The van der Waals surface area contributed by atoms with Crippen LogP contribution in [-0.2, 0) is 9.53 Å². The third-order valence-corrected chi connectivity index (χ3v) is 4.12. The van der Waals surface area contributed by atoms with Crippen LogP contribution in [0.25, 0.3) is 0 Å². The Labute approximate surface area is 146 Å². The van der Waals surface area contributed by atoms with E-state index in [1.807, 2.05) is 0 Å². The maximum atomic E-state index is 12.8. The molecule has 0 spiro atoms. The number of nitrogens with one attached hydrogen (secondary N) is 2. The van der Waals surface area contributed by atoms with Gasteiger partial charge in [0.1, 0.15) is 5.82 Å². The SMILES string of the molecule is Cl.NCC1(C(=O)NCCNC(=O)c2ccc(F)cc2)CCOCC1. The molecule has 8 heteroatoms. The van der Waals surface area contributed by atoms with Gasteiger partial charge in [0, 0.05) is 38.4 Å². The average Bonchev–Trinajstić information content (AvgIpc) is 2.59. The van der Waals surface area contributed by atoms with Gasteiger partial charge in [0.05, 0.1) is 5.41 Å². The van der Waals surface area contributed by atoms with Crippen molar-refractivity contribution in [2.75, 3.05) is 32.8 Å². The van der Waals surface area contributed by atoms with E-state index in [9.17, 15) is 14.0 Å². The minimum absolute atomic E-state index is 0. The van der Waals surface area contributed by atoms with Crippen molar-refractivity contribution in [3.05, 3.63) is 35.6 Å². The molecule has 0 saturated carbocycles. The molecule has 1 saturated heterocycles. The Morgan fingerprint density at radius 2 is 1.71 bits per heavy atom. The highest BCUT2D eigenvalue weighted by molar-refractivity contribution is 5.94. The molecule has 1 aromatic carbocycles. The Balaban J connectivity index is 0.00000288. The predicted octanol–water partition coefficient (Wildman–Crippen LogP) is 0.849. The van der Waals surface area contributed by atoms with Crippen molar-refractivity contribution in [1.29, 1.82) is 0 Å². The van der Waals surface area contributed by atoms with E-state index in [1.165, 1.54) is 24.3 Å². The van der Waals surface area contributed by atoms with Crippen LogP contribution in [-0.4, -0.2) is 44.7 Å². The Bertz CT molecular complexity index is 548. The second kappa shape index (κ2) is 9.56. The molecular formula is C16H23ClFN3O3. The van der Waals surface area contributed by atoms with Crippen LogP contribution < -0.4 is 16.4 Å². The first kappa shape index (κ1) is 20.3. The zero-order chi connectivity index (χ0) is 16.7. The second-order valence-corrected chi connectivity index (χ2v) is 5.62. The zero-order valence-corrected chi connectivity index (χ0v) is 14.2. The molecule has 1 aliphatic heterocycles. The molecule has 0 unspecified atom stereocenters. The molecule has 1 aromatic rings. The van der Waals surface area contributed by atoms with Gasteiger partial charge in [-0.3, -0.25) is 9.59 Å². The number of amides is 2.